The van der Waals surface area contributed by atoms with Crippen LogP contribution in [0.25, 0.3) is 0 Å². The zero-order valence-electron chi connectivity index (χ0n) is 5.14. The van der Waals surface area contributed by atoms with E-state index in [1.807, 2.05) is 22.6 Å². The molecule has 60 valence electrons. The average Bonchev–Trinajstić information content (AvgIpc) is 1.93. The molecule has 0 bridgehead atoms. The summed E-state index contributed by atoms with van der Waals surface area (Å²) in [5.74, 6) is 0. The van der Waals surface area contributed by atoms with Gasteiger partial charge in [0.25, 0.3) is 0 Å². The van der Waals surface area contributed by atoms with E-state index in [1.165, 1.54) is 0 Å². The molecule has 4 nitrogen and oxygen atoms in total. The van der Waals surface area contributed by atoms with Crippen LogP contribution in [0.1, 0.15) is 0 Å². The second-order valence-corrected chi connectivity index (χ2v) is 3.66. The second kappa shape index (κ2) is 3.31. The number of ether oxygens (including phenoxy) is 1. The van der Waals surface area contributed by atoms with Crippen molar-refractivity contribution in [1.29, 1.82) is 0 Å². The number of aliphatic hydroxyl groups is 3. The van der Waals surface area contributed by atoms with Crippen LogP contribution in [0.2, 0.25) is 0 Å². The molecule has 0 spiro atoms. The van der Waals surface area contributed by atoms with Gasteiger partial charge in [-0.15, -0.1) is 0 Å². The third kappa shape index (κ3) is 1.59. The van der Waals surface area contributed by atoms with E-state index in [0.29, 0.717) is 0 Å². The molecule has 1 aliphatic rings. The summed E-state index contributed by atoms with van der Waals surface area (Å²) < 4.78 is 4.28. The Morgan fingerprint density at radius 3 is 2.40 bits per heavy atom. The van der Waals surface area contributed by atoms with Crippen LogP contribution in [0.3, 0.4) is 0 Å². The fourth-order valence-corrected chi connectivity index (χ4v) is 1.34. The molecule has 1 heterocycles. The molecule has 0 radical (unpaired) electrons. The molecule has 1 rings (SSSR count). The minimum atomic E-state index is -1.15. The summed E-state index contributed by atoms with van der Waals surface area (Å²) in [6.45, 7) is 0.0891. The van der Waals surface area contributed by atoms with Crippen LogP contribution in [-0.4, -0.2) is 44.3 Å². The number of rotatable bonds is 0. The maximum Gasteiger partial charge on any atom is 0.182 e. The number of alkyl halides is 1. The summed E-state index contributed by atoms with van der Waals surface area (Å²) in [5.41, 5.74) is 0. The molecule has 0 saturated carbocycles. The van der Waals surface area contributed by atoms with Crippen molar-refractivity contribution in [2.24, 2.45) is 0 Å². The topological polar surface area (TPSA) is 69.9 Å². The first-order chi connectivity index (χ1) is 4.63. The molecule has 1 fully saturated rings. The van der Waals surface area contributed by atoms with Gasteiger partial charge in [-0.3, -0.25) is 0 Å². The lowest BCUT2D eigenvalue weighted by Crippen LogP contribution is -2.49. The Bertz CT molecular complexity index is 106. The Kier molecular flexibility index (Phi) is 2.87. The molecule has 4 unspecified atom stereocenters. The van der Waals surface area contributed by atoms with Crippen molar-refractivity contribution in [2.75, 3.05) is 6.61 Å². The molecular formula is C5H9IO4. The van der Waals surface area contributed by atoms with Crippen LogP contribution in [-0.2, 0) is 4.74 Å². The Labute approximate surface area is 72.0 Å². The van der Waals surface area contributed by atoms with Crippen molar-refractivity contribution in [1.82, 2.24) is 0 Å². The van der Waals surface area contributed by atoms with Crippen molar-refractivity contribution in [2.45, 2.75) is 22.4 Å². The summed E-state index contributed by atoms with van der Waals surface area (Å²) in [4.78, 5) is 0. The van der Waals surface area contributed by atoms with Gasteiger partial charge < -0.3 is 20.1 Å². The molecule has 5 heteroatoms. The van der Waals surface area contributed by atoms with Gasteiger partial charge in [-0.05, 0) is 0 Å². The standard InChI is InChI=1S/C5H9IO4/c6-3-2(7)1-10-5(9)4(3)8/h2-5,7-9H,1H2. The van der Waals surface area contributed by atoms with E-state index < -0.39 is 18.5 Å². The van der Waals surface area contributed by atoms with Gasteiger partial charge >= 0.3 is 0 Å². The molecule has 3 N–H and O–H groups in total. The number of hydrogen-bond acceptors (Lipinski definition) is 4. The van der Waals surface area contributed by atoms with Gasteiger partial charge in [-0.25, -0.2) is 0 Å². The number of aliphatic hydroxyl groups excluding tert-OH is 3. The van der Waals surface area contributed by atoms with Crippen LogP contribution >= 0.6 is 22.6 Å². The highest BCUT2D eigenvalue weighted by Gasteiger charge is 2.35. The van der Waals surface area contributed by atoms with Gasteiger partial charge in [0.1, 0.15) is 6.10 Å². The average molecular weight is 260 g/mol. The lowest BCUT2D eigenvalue weighted by Gasteiger charge is -2.31. The molecule has 0 amide bonds. The van der Waals surface area contributed by atoms with Gasteiger partial charge in [0, 0.05) is 0 Å². The maximum absolute atomic E-state index is 9.07. The maximum atomic E-state index is 9.07. The van der Waals surface area contributed by atoms with Crippen molar-refractivity contribution in [3.63, 3.8) is 0 Å². The smallest absolute Gasteiger partial charge is 0.182 e. The van der Waals surface area contributed by atoms with Gasteiger partial charge in [0.15, 0.2) is 6.29 Å². The van der Waals surface area contributed by atoms with E-state index in [0.717, 1.165) is 0 Å². The van der Waals surface area contributed by atoms with E-state index in [4.69, 9.17) is 15.3 Å². The van der Waals surface area contributed by atoms with Crippen molar-refractivity contribution in [3.8, 4) is 0 Å². The van der Waals surface area contributed by atoms with Crippen LogP contribution in [0.15, 0.2) is 0 Å². The first kappa shape index (κ1) is 8.66. The molecule has 0 aromatic heterocycles. The highest BCUT2D eigenvalue weighted by molar-refractivity contribution is 14.1. The van der Waals surface area contributed by atoms with E-state index in [1.54, 1.807) is 0 Å². The summed E-state index contributed by atoms with van der Waals surface area (Å²) in [6, 6.07) is 0. The lowest BCUT2D eigenvalue weighted by molar-refractivity contribution is -0.205. The van der Waals surface area contributed by atoms with E-state index in [-0.39, 0.29) is 10.5 Å². The normalized spacial score (nSPS) is 49.2. The van der Waals surface area contributed by atoms with Gasteiger partial charge in [-0.1, -0.05) is 22.6 Å². The number of halogens is 1. The van der Waals surface area contributed by atoms with Crippen molar-refractivity contribution in [3.05, 3.63) is 0 Å². The predicted octanol–water partition coefficient (Wildman–Crippen LogP) is -1.14. The fraction of sp³-hybridized carbons (Fsp3) is 1.00. The molecule has 0 aromatic carbocycles. The highest BCUT2D eigenvalue weighted by atomic mass is 127. The Balaban J connectivity index is 2.52. The van der Waals surface area contributed by atoms with Gasteiger partial charge in [-0.2, -0.15) is 0 Å². The largest absolute Gasteiger partial charge is 0.390 e. The van der Waals surface area contributed by atoms with Crippen molar-refractivity contribution < 1.29 is 20.1 Å². The quantitative estimate of drug-likeness (QED) is 0.380. The number of hydrogen-bond donors (Lipinski definition) is 3. The molecule has 10 heavy (non-hydrogen) atoms. The molecule has 0 aromatic rings. The molecule has 0 aliphatic carbocycles. The zero-order valence-corrected chi connectivity index (χ0v) is 7.30. The first-order valence-electron chi connectivity index (χ1n) is 2.93. The van der Waals surface area contributed by atoms with Gasteiger partial charge in [0.2, 0.25) is 0 Å². The summed E-state index contributed by atoms with van der Waals surface area (Å²) in [7, 11) is 0. The molecule has 1 aliphatic heterocycles. The third-order valence-corrected chi connectivity index (χ3v) is 2.99. The Hall–Kier alpha value is 0.570. The van der Waals surface area contributed by atoms with Crippen LogP contribution in [0.4, 0.5) is 0 Å². The predicted molar refractivity (Wildman–Crippen MR) is 41.8 cm³/mol. The van der Waals surface area contributed by atoms with Crippen molar-refractivity contribution >= 4 is 22.6 Å². The monoisotopic (exact) mass is 260 g/mol. The minimum absolute atomic E-state index is 0.0891. The Morgan fingerprint density at radius 1 is 1.30 bits per heavy atom. The SMILES string of the molecule is OC1COC(O)C(O)C1I. The highest BCUT2D eigenvalue weighted by Crippen LogP contribution is 2.20. The minimum Gasteiger partial charge on any atom is -0.390 e. The van der Waals surface area contributed by atoms with Crippen LogP contribution in [0, 0.1) is 0 Å². The van der Waals surface area contributed by atoms with Gasteiger partial charge in [0.05, 0.1) is 16.6 Å². The molecular weight excluding hydrogens is 251 g/mol. The van der Waals surface area contributed by atoms with E-state index in [9.17, 15) is 0 Å². The summed E-state index contributed by atoms with van der Waals surface area (Å²) in [6.07, 6.45) is -2.81. The fourth-order valence-electron chi connectivity index (χ4n) is 0.773. The van der Waals surface area contributed by atoms with Crippen LogP contribution in [0.5, 0.6) is 0 Å². The lowest BCUT2D eigenvalue weighted by atomic mass is 10.1. The van der Waals surface area contributed by atoms with E-state index in [2.05, 4.69) is 4.74 Å². The van der Waals surface area contributed by atoms with E-state index >= 15 is 0 Å². The summed E-state index contributed by atoms with van der Waals surface area (Å²) >= 11 is 1.88. The molecule has 1 saturated heterocycles. The Morgan fingerprint density at radius 2 is 1.90 bits per heavy atom. The summed E-state index contributed by atoms with van der Waals surface area (Å²) in [5, 5.41) is 27.0. The van der Waals surface area contributed by atoms with Crippen LogP contribution < -0.4 is 0 Å². The molecule has 4 atom stereocenters. The zero-order chi connectivity index (χ0) is 7.72. The first-order valence-corrected chi connectivity index (χ1v) is 4.17. The third-order valence-electron chi connectivity index (χ3n) is 1.42. The second-order valence-electron chi connectivity index (χ2n) is 2.23.